The average molecular weight is 258 g/mol. The molecule has 0 aromatic heterocycles. The Bertz CT molecular complexity index is 455. The fourth-order valence-corrected chi connectivity index (χ4v) is 2.13. The number of hydrogen-bond donors (Lipinski definition) is 1. The number of likely N-dealkylation sites (N-methyl/N-ethyl adjacent to an activating group) is 1. The molecule has 1 atom stereocenters. The van der Waals surface area contributed by atoms with Crippen molar-refractivity contribution in [2.24, 2.45) is 0 Å². The Morgan fingerprint density at radius 2 is 1.94 bits per heavy atom. The van der Waals surface area contributed by atoms with Crippen LogP contribution in [0.3, 0.4) is 0 Å². The van der Waals surface area contributed by atoms with Crippen molar-refractivity contribution < 1.29 is 18.0 Å². The van der Waals surface area contributed by atoms with E-state index in [-0.39, 0.29) is 12.5 Å². The summed E-state index contributed by atoms with van der Waals surface area (Å²) in [7, 11) is 0. The molecule has 1 aliphatic heterocycles. The first-order valence-electron chi connectivity index (χ1n) is 5.74. The molecule has 1 aromatic carbocycles. The van der Waals surface area contributed by atoms with Crippen LogP contribution in [0.2, 0.25) is 0 Å². The van der Waals surface area contributed by atoms with Gasteiger partial charge < -0.3 is 10.2 Å². The lowest BCUT2D eigenvalue weighted by molar-refractivity contribution is -0.118. The van der Waals surface area contributed by atoms with Gasteiger partial charge in [0.15, 0.2) is 11.6 Å². The third-order valence-corrected chi connectivity index (χ3v) is 2.91. The van der Waals surface area contributed by atoms with Crippen LogP contribution in [-0.2, 0) is 4.79 Å². The van der Waals surface area contributed by atoms with E-state index in [0.29, 0.717) is 25.1 Å². The van der Waals surface area contributed by atoms with Gasteiger partial charge in [-0.15, -0.1) is 0 Å². The Labute approximate surface area is 103 Å². The highest BCUT2D eigenvalue weighted by molar-refractivity contribution is 5.99. The molecule has 6 heteroatoms. The first-order valence-corrected chi connectivity index (χ1v) is 5.74. The summed E-state index contributed by atoms with van der Waals surface area (Å²) in [6, 6.07) is 0.720. The number of hydrogen-bond acceptors (Lipinski definition) is 2. The van der Waals surface area contributed by atoms with Gasteiger partial charge in [-0.25, -0.2) is 13.2 Å². The van der Waals surface area contributed by atoms with Crippen molar-refractivity contribution in [3.05, 3.63) is 29.6 Å². The van der Waals surface area contributed by atoms with Gasteiger partial charge in [0.05, 0.1) is 6.04 Å². The molecule has 1 aromatic rings. The van der Waals surface area contributed by atoms with E-state index in [1.807, 2.05) is 6.92 Å². The maximum absolute atomic E-state index is 13.6. The van der Waals surface area contributed by atoms with Gasteiger partial charge in [0.2, 0.25) is 5.91 Å². The highest BCUT2D eigenvalue weighted by Gasteiger charge is 2.34. The van der Waals surface area contributed by atoms with E-state index in [1.54, 1.807) is 0 Å². The van der Waals surface area contributed by atoms with E-state index in [0.717, 1.165) is 4.90 Å². The summed E-state index contributed by atoms with van der Waals surface area (Å²) in [4.78, 5) is 12.9. The molecule has 2 rings (SSSR count). The predicted octanol–water partition coefficient (Wildman–Crippen LogP) is 1.82. The zero-order valence-electron chi connectivity index (χ0n) is 9.84. The quantitative estimate of drug-likeness (QED) is 0.897. The molecule has 1 N–H and O–H groups in total. The Morgan fingerprint density at radius 3 is 2.50 bits per heavy atom. The molecule has 0 bridgehead atoms. The minimum absolute atomic E-state index is 0.218. The number of amides is 1. The van der Waals surface area contributed by atoms with Gasteiger partial charge in [0, 0.05) is 18.7 Å². The first-order chi connectivity index (χ1) is 8.54. The molecule has 1 amide bonds. The molecule has 1 aliphatic rings. The van der Waals surface area contributed by atoms with Crippen molar-refractivity contribution in [2.45, 2.75) is 19.4 Å². The lowest BCUT2D eigenvalue weighted by Gasteiger charge is -2.18. The second-order valence-corrected chi connectivity index (χ2v) is 4.11. The molecule has 1 fully saturated rings. The van der Waals surface area contributed by atoms with Crippen molar-refractivity contribution >= 4 is 11.6 Å². The molecule has 98 valence electrons. The SMILES string of the molecule is CCNC1CCN(c2c(F)cc(F)cc2F)C1=O. The number of anilines is 1. The van der Waals surface area contributed by atoms with Gasteiger partial charge in [-0.3, -0.25) is 4.79 Å². The van der Waals surface area contributed by atoms with Gasteiger partial charge in [-0.1, -0.05) is 6.92 Å². The van der Waals surface area contributed by atoms with Gasteiger partial charge in [-0.2, -0.15) is 0 Å². The maximum atomic E-state index is 13.6. The Morgan fingerprint density at radius 1 is 1.33 bits per heavy atom. The van der Waals surface area contributed by atoms with Crippen LogP contribution in [-0.4, -0.2) is 25.0 Å². The molecule has 1 heterocycles. The third kappa shape index (κ3) is 2.20. The number of carbonyl (C=O) groups excluding carboxylic acids is 1. The van der Waals surface area contributed by atoms with Crippen LogP contribution < -0.4 is 10.2 Å². The van der Waals surface area contributed by atoms with Crippen LogP contribution in [0.1, 0.15) is 13.3 Å². The van der Waals surface area contributed by atoms with Crippen LogP contribution in [0, 0.1) is 17.5 Å². The van der Waals surface area contributed by atoms with Crippen molar-refractivity contribution in [2.75, 3.05) is 18.0 Å². The third-order valence-electron chi connectivity index (χ3n) is 2.91. The Hall–Kier alpha value is -1.56. The number of rotatable bonds is 3. The number of nitrogens with one attached hydrogen (secondary N) is 1. The fourth-order valence-electron chi connectivity index (χ4n) is 2.13. The summed E-state index contributed by atoms with van der Waals surface area (Å²) in [5.74, 6) is -3.50. The van der Waals surface area contributed by atoms with Gasteiger partial charge in [-0.05, 0) is 13.0 Å². The van der Waals surface area contributed by atoms with Crippen LogP contribution in [0.15, 0.2) is 12.1 Å². The zero-order chi connectivity index (χ0) is 13.3. The van der Waals surface area contributed by atoms with Gasteiger partial charge in [0.25, 0.3) is 0 Å². The molecule has 3 nitrogen and oxygen atoms in total. The molecule has 0 spiro atoms. The molecule has 1 unspecified atom stereocenters. The summed E-state index contributed by atoms with van der Waals surface area (Å²) in [5.41, 5.74) is -0.471. The van der Waals surface area contributed by atoms with Crippen LogP contribution in [0.4, 0.5) is 18.9 Å². The number of carbonyl (C=O) groups is 1. The van der Waals surface area contributed by atoms with E-state index in [2.05, 4.69) is 5.32 Å². The Balaban J connectivity index is 2.31. The van der Waals surface area contributed by atoms with Crippen molar-refractivity contribution in [3.63, 3.8) is 0 Å². The van der Waals surface area contributed by atoms with E-state index < -0.39 is 29.2 Å². The topological polar surface area (TPSA) is 32.3 Å². The van der Waals surface area contributed by atoms with Crippen molar-refractivity contribution in [3.8, 4) is 0 Å². The fraction of sp³-hybridized carbons (Fsp3) is 0.417. The summed E-state index contributed by atoms with van der Waals surface area (Å²) >= 11 is 0. The average Bonchev–Trinajstić information content (AvgIpc) is 2.61. The van der Waals surface area contributed by atoms with Crippen LogP contribution in [0.5, 0.6) is 0 Å². The predicted molar refractivity (Wildman–Crippen MR) is 60.8 cm³/mol. The largest absolute Gasteiger partial charge is 0.306 e. The Kier molecular flexibility index (Phi) is 3.56. The van der Waals surface area contributed by atoms with E-state index in [1.165, 1.54) is 0 Å². The minimum atomic E-state index is -1.06. The van der Waals surface area contributed by atoms with Crippen molar-refractivity contribution in [1.29, 1.82) is 0 Å². The van der Waals surface area contributed by atoms with Crippen LogP contribution >= 0.6 is 0 Å². The molecule has 0 aliphatic carbocycles. The molecule has 18 heavy (non-hydrogen) atoms. The second kappa shape index (κ2) is 4.97. The van der Waals surface area contributed by atoms with E-state index in [4.69, 9.17) is 0 Å². The van der Waals surface area contributed by atoms with Gasteiger partial charge in [0.1, 0.15) is 11.5 Å². The second-order valence-electron chi connectivity index (χ2n) is 4.11. The standard InChI is InChI=1S/C12H13F3N2O/c1-2-16-10-3-4-17(12(10)18)11-8(14)5-7(13)6-9(11)15/h5-6,10,16H,2-4H2,1H3. The highest BCUT2D eigenvalue weighted by atomic mass is 19.1. The molecule has 1 saturated heterocycles. The van der Waals surface area contributed by atoms with Gasteiger partial charge >= 0.3 is 0 Å². The lowest BCUT2D eigenvalue weighted by atomic mass is 10.2. The summed E-state index contributed by atoms with van der Waals surface area (Å²) < 4.78 is 39.9. The molecule has 0 saturated carbocycles. The lowest BCUT2D eigenvalue weighted by Crippen LogP contribution is -2.38. The number of benzene rings is 1. The number of nitrogens with zero attached hydrogens (tertiary/aromatic N) is 1. The van der Waals surface area contributed by atoms with Crippen LogP contribution in [0.25, 0.3) is 0 Å². The van der Waals surface area contributed by atoms with E-state index in [9.17, 15) is 18.0 Å². The zero-order valence-corrected chi connectivity index (χ0v) is 9.84. The smallest absolute Gasteiger partial charge is 0.244 e. The first kappa shape index (κ1) is 12.9. The number of halogens is 3. The monoisotopic (exact) mass is 258 g/mol. The summed E-state index contributed by atoms with van der Waals surface area (Å²) in [5, 5.41) is 2.93. The molecular weight excluding hydrogens is 245 g/mol. The maximum Gasteiger partial charge on any atom is 0.244 e. The normalized spacial score (nSPS) is 19.7. The molecular formula is C12H13F3N2O. The minimum Gasteiger partial charge on any atom is -0.306 e. The summed E-state index contributed by atoms with van der Waals surface area (Å²) in [6.45, 7) is 2.66. The highest BCUT2D eigenvalue weighted by Crippen LogP contribution is 2.28. The molecule has 0 radical (unpaired) electrons. The van der Waals surface area contributed by atoms with E-state index >= 15 is 0 Å². The summed E-state index contributed by atoms with van der Waals surface area (Å²) in [6.07, 6.45) is 0.475. The van der Waals surface area contributed by atoms with Crippen molar-refractivity contribution in [1.82, 2.24) is 5.32 Å².